The van der Waals surface area contributed by atoms with Gasteiger partial charge >= 0.3 is 0 Å². The summed E-state index contributed by atoms with van der Waals surface area (Å²) in [6.07, 6.45) is 1.76. The number of carbonyl (C=O) groups excluding carboxylic acids is 1. The third-order valence-electron chi connectivity index (χ3n) is 7.51. The van der Waals surface area contributed by atoms with Crippen LogP contribution < -0.4 is 5.43 Å². The van der Waals surface area contributed by atoms with Crippen molar-refractivity contribution in [2.75, 3.05) is 26.2 Å². The molecule has 1 N–H and O–H groups in total. The van der Waals surface area contributed by atoms with Gasteiger partial charge in [0.2, 0.25) is 0 Å². The third-order valence-corrected chi connectivity index (χ3v) is 7.51. The molecule has 1 aliphatic heterocycles. The van der Waals surface area contributed by atoms with Crippen LogP contribution in [0.15, 0.2) is 114 Å². The Morgan fingerprint density at radius 1 is 0.667 bits per heavy atom. The number of fused-ring (bicyclic) bond motifs is 2. The number of benzene rings is 5. The second-order valence-corrected chi connectivity index (χ2v) is 10.2. The molecule has 1 fully saturated rings. The number of rotatable bonds is 7. The zero-order valence-electron chi connectivity index (χ0n) is 22.0. The standard InChI is InChI=1S/C34H32N4O/c39-34(36-35-23-33-31-12-6-4-10-29(31)22-30-11-5-7-13-32(30)33)28-16-14-27(15-17-28)25-38-20-18-37(19-21-38)24-26-8-2-1-3-9-26/h1-17,22-23H,18-21,24-25H2,(H,36,39). The van der Waals surface area contributed by atoms with Gasteiger partial charge in [-0.3, -0.25) is 14.6 Å². The van der Waals surface area contributed by atoms with E-state index in [1.54, 1.807) is 6.21 Å². The number of nitrogens with one attached hydrogen (secondary N) is 1. The summed E-state index contributed by atoms with van der Waals surface area (Å²) in [6.45, 7) is 6.14. The normalized spacial score (nSPS) is 14.8. The van der Waals surface area contributed by atoms with Crippen LogP contribution in [0.1, 0.15) is 27.0 Å². The van der Waals surface area contributed by atoms with Gasteiger partial charge in [0, 0.05) is 50.4 Å². The minimum Gasteiger partial charge on any atom is -0.297 e. The zero-order valence-corrected chi connectivity index (χ0v) is 22.0. The van der Waals surface area contributed by atoms with Crippen molar-refractivity contribution in [1.29, 1.82) is 0 Å². The van der Waals surface area contributed by atoms with Crippen LogP contribution in [-0.2, 0) is 13.1 Å². The first-order valence-corrected chi connectivity index (χ1v) is 13.5. The van der Waals surface area contributed by atoms with Gasteiger partial charge in [0.1, 0.15) is 0 Å². The lowest BCUT2D eigenvalue weighted by atomic mass is 9.97. The molecular formula is C34H32N4O. The molecule has 0 unspecified atom stereocenters. The molecule has 5 nitrogen and oxygen atoms in total. The van der Waals surface area contributed by atoms with Crippen LogP contribution in [0.4, 0.5) is 0 Å². The largest absolute Gasteiger partial charge is 0.297 e. The van der Waals surface area contributed by atoms with Crippen LogP contribution >= 0.6 is 0 Å². The summed E-state index contributed by atoms with van der Waals surface area (Å²) in [6, 6.07) is 37.2. The lowest BCUT2D eigenvalue weighted by Gasteiger charge is -2.34. The molecule has 1 heterocycles. The SMILES string of the molecule is O=C(NN=Cc1c2ccccc2cc2ccccc12)c1ccc(CN2CCN(Cc3ccccc3)CC2)cc1. The second kappa shape index (κ2) is 11.6. The van der Waals surface area contributed by atoms with Crippen molar-refractivity contribution in [3.8, 4) is 0 Å². The Bertz CT molecular complexity index is 1550. The van der Waals surface area contributed by atoms with Crippen LogP contribution in [0.2, 0.25) is 0 Å². The summed E-state index contributed by atoms with van der Waals surface area (Å²) in [7, 11) is 0. The first-order valence-electron chi connectivity index (χ1n) is 13.5. The molecule has 0 radical (unpaired) electrons. The fraction of sp³-hybridized carbons (Fsp3) is 0.176. The molecular weight excluding hydrogens is 480 g/mol. The van der Waals surface area contributed by atoms with E-state index in [2.05, 4.69) is 81.0 Å². The summed E-state index contributed by atoms with van der Waals surface area (Å²) in [5, 5.41) is 8.86. The van der Waals surface area contributed by atoms with Gasteiger partial charge in [-0.1, -0.05) is 91.0 Å². The van der Waals surface area contributed by atoms with Gasteiger partial charge in [-0.2, -0.15) is 5.10 Å². The molecule has 5 aromatic carbocycles. The summed E-state index contributed by atoms with van der Waals surface area (Å²) in [4.78, 5) is 17.8. The minimum atomic E-state index is -0.211. The Labute approximate surface area is 229 Å². The molecule has 0 saturated carbocycles. The average Bonchev–Trinajstić information content (AvgIpc) is 2.98. The smallest absolute Gasteiger partial charge is 0.271 e. The topological polar surface area (TPSA) is 47.9 Å². The van der Waals surface area contributed by atoms with Gasteiger partial charge < -0.3 is 0 Å². The average molecular weight is 513 g/mol. The Balaban J connectivity index is 1.05. The summed E-state index contributed by atoms with van der Waals surface area (Å²) < 4.78 is 0. The molecule has 6 rings (SSSR count). The molecule has 0 spiro atoms. The fourth-order valence-corrected chi connectivity index (χ4v) is 5.37. The Hall–Kier alpha value is -4.32. The number of hydrazone groups is 1. The Kier molecular flexibility index (Phi) is 7.43. The highest BCUT2D eigenvalue weighted by atomic mass is 16.2. The van der Waals surface area contributed by atoms with E-state index in [0.717, 1.165) is 66.4 Å². The fourth-order valence-electron chi connectivity index (χ4n) is 5.37. The molecule has 1 amide bonds. The highest BCUT2D eigenvalue weighted by Crippen LogP contribution is 2.27. The first kappa shape index (κ1) is 25.0. The highest BCUT2D eigenvalue weighted by Gasteiger charge is 2.17. The van der Waals surface area contributed by atoms with Crippen molar-refractivity contribution in [2.45, 2.75) is 13.1 Å². The monoisotopic (exact) mass is 512 g/mol. The molecule has 1 aliphatic rings. The minimum absolute atomic E-state index is 0.211. The molecule has 0 aliphatic carbocycles. The number of hydrogen-bond acceptors (Lipinski definition) is 4. The maximum atomic E-state index is 12.8. The molecule has 194 valence electrons. The van der Waals surface area contributed by atoms with E-state index < -0.39 is 0 Å². The van der Waals surface area contributed by atoms with E-state index in [9.17, 15) is 4.79 Å². The predicted octanol–water partition coefficient (Wildman–Crippen LogP) is 6.07. The lowest BCUT2D eigenvalue weighted by Crippen LogP contribution is -2.45. The highest BCUT2D eigenvalue weighted by molar-refractivity contribution is 6.13. The quantitative estimate of drug-likeness (QED) is 0.163. The van der Waals surface area contributed by atoms with Gasteiger partial charge in [-0.25, -0.2) is 5.43 Å². The van der Waals surface area contributed by atoms with E-state index in [1.807, 2.05) is 48.5 Å². The van der Waals surface area contributed by atoms with Crippen LogP contribution in [0.5, 0.6) is 0 Å². The number of carbonyl (C=O) groups is 1. The molecule has 5 heteroatoms. The number of nitrogens with zero attached hydrogens (tertiary/aromatic N) is 3. The van der Waals surface area contributed by atoms with Crippen molar-refractivity contribution >= 4 is 33.7 Å². The number of amides is 1. The van der Waals surface area contributed by atoms with Gasteiger partial charge in [-0.05, 0) is 50.9 Å². The first-order chi connectivity index (χ1) is 19.2. The zero-order chi connectivity index (χ0) is 26.4. The molecule has 0 aromatic heterocycles. The Morgan fingerprint density at radius 3 is 1.77 bits per heavy atom. The van der Waals surface area contributed by atoms with Crippen molar-refractivity contribution in [2.24, 2.45) is 5.10 Å². The molecule has 5 aromatic rings. The second-order valence-electron chi connectivity index (χ2n) is 10.2. The van der Waals surface area contributed by atoms with Gasteiger partial charge in [-0.15, -0.1) is 0 Å². The number of piperazine rings is 1. The van der Waals surface area contributed by atoms with E-state index in [-0.39, 0.29) is 5.91 Å². The molecule has 0 bridgehead atoms. The van der Waals surface area contributed by atoms with Crippen molar-refractivity contribution < 1.29 is 4.79 Å². The maximum Gasteiger partial charge on any atom is 0.271 e. The van der Waals surface area contributed by atoms with E-state index in [1.165, 1.54) is 11.1 Å². The van der Waals surface area contributed by atoms with Gasteiger partial charge in [0.05, 0.1) is 6.21 Å². The maximum absolute atomic E-state index is 12.8. The summed E-state index contributed by atoms with van der Waals surface area (Å²) >= 11 is 0. The van der Waals surface area contributed by atoms with E-state index >= 15 is 0 Å². The third kappa shape index (κ3) is 5.90. The molecule has 39 heavy (non-hydrogen) atoms. The van der Waals surface area contributed by atoms with E-state index in [4.69, 9.17) is 0 Å². The van der Waals surface area contributed by atoms with Crippen molar-refractivity contribution in [3.05, 3.63) is 131 Å². The lowest BCUT2D eigenvalue weighted by molar-refractivity contribution is 0.0955. The molecule has 0 atom stereocenters. The summed E-state index contributed by atoms with van der Waals surface area (Å²) in [5.41, 5.74) is 6.91. The van der Waals surface area contributed by atoms with Crippen LogP contribution in [-0.4, -0.2) is 48.1 Å². The Morgan fingerprint density at radius 2 is 1.18 bits per heavy atom. The van der Waals surface area contributed by atoms with Gasteiger partial charge in [0.15, 0.2) is 0 Å². The van der Waals surface area contributed by atoms with Crippen LogP contribution in [0.25, 0.3) is 21.5 Å². The van der Waals surface area contributed by atoms with Gasteiger partial charge in [0.25, 0.3) is 5.91 Å². The number of hydrogen-bond donors (Lipinski definition) is 1. The predicted molar refractivity (Wildman–Crippen MR) is 160 cm³/mol. The summed E-state index contributed by atoms with van der Waals surface area (Å²) in [5.74, 6) is -0.211. The van der Waals surface area contributed by atoms with E-state index in [0.29, 0.717) is 5.56 Å². The van der Waals surface area contributed by atoms with Crippen molar-refractivity contribution in [1.82, 2.24) is 15.2 Å². The van der Waals surface area contributed by atoms with Crippen LogP contribution in [0.3, 0.4) is 0 Å². The van der Waals surface area contributed by atoms with Crippen LogP contribution in [0, 0.1) is 0 Å². The molecule has 1 saturated heterocycles. The van der Waals surface area contributed by atoms with Crippen molar-refractivity contribution in [3.63, 3.8) is 0 Å².